The molecule has 2 rings (SSSR count). The van der Waals surface area contributed by atoms with Gasteiger partial charge in [-0.2, -0.15) is 8.78 Å². The number of ether oxygens (including phenoxy) is 1. The predicted molar refractivity (Wildman–Crippen MR) is 70.1 cm³/mol. The number of anilines is 1. The summed E-state index contributed by atoms with van der Waals surface area (Å²) in [4.78, 5) is 11.7. The summed E-state index contributed by atoms with van der Waals surface area (Å²) in [6.45, 7) is 1.67. The minimum absolute atomic E-state index is 0.0605. The number of halogens is 2. The summed E-state index contributed by atoms with van der Waals surface area (Å²) in [5.41, 5.74) is -1.33. The van der Waals surface area contributed by atoms with E-state index in [9.17, 15) is 18.7 Å². The maximum Gasteiger partial charge on any atom is 0.352 e. The van der Waals surface area contributed by atoms with E-state index in [0.717, 1.165) is 0 Å². The lowest BCUT2D eigenvalue weighted by atomic mass is 9.75. The van der Waals surface area contributed by atoms with Gasteiger partial charge in [-0.3, -0.25) is 4.79 Å². The van der Waals surface area contributed by atoms with Crippen LogP contribution in [0.4, 0.5) is 14.5 Å². The van der Waals surface area contributed by atoms with E-state index in [0.29, 0.717) is 17.7 Å². The third kappa shape index (κ3) is 2.35. The van der Waals surface area contributed by atoms with Gasteiger partial charge in [-0.05, 0) is 49.9 Å². The lowest BCUT2D eigenvalue weighted by molar-refractivity contribution is -0.212. The molecule has 0 atom stereocenters. The molecule has 1 amide bonds. The molecule has 0 aliphatic heterocycles. The molecule has 0 radical (unpaired) electrons. The van der Waals surface area contributed by atoms with Crippen LogP contribution < -0.4 is 10.1 Å². The Kier molecular flexibility index (Phi) is 3.69. The second kappa shape index (κ2) is 5.01. The van der Waals surface area contributed by atoms with Gasteiger partial charge in [0.15, 0.2) is 0 Å². The number of nitrogens with one attached hydrogen (secondary N) is 1. The SMILES string of the molecule is COc1ccc(NC(=O)C(F)(F)C2(O)CCC2)c(C)c1. The quantitative estimate of drug-likeness (QED) is 0.893. The van der Waals surface area contributed by atoms with Crippen LogP contribution in [0.15, 0.2) is 18.2 Å². The lowest BCUT2D eigenvalue weighted by Crippen LogP contribution is -2.59. The van der Waals surface area contributed by atoms with Crippen molar-refractivity contribution in [3.63, 3.8) is 0 Å². The van der Waals surface area contributed by atoms with E-state index in [-0.39, 0.29) is 18.5 Å². The Bertz CT molecular complexity index is 527. The van der Waals surface area contributed by atoms with E-state index in [4.69, 9.17) is 4.74 Å². The average Bonchev–Trinajstić information content (AvgIpc) is 2.37. The molecule has 0 aromatic heterocycles. The normalized spacial score (nSPS) is 17.2. The van der Waals surface area contributed by atoms with Crippen molar-refractivity contribution in [2.75, 3.05) is 12.4 Å². The number of benzene rings is 1. The van der Waals surface area contributed by atoms with Crippen molar-refractivity contribution >= 4 is 11.6 Å². The van der Waals surface area contributed by atoms with Crippen molar-refractivity contribution in [1.82, 2.24) is 0 Å². The van der Waals surface area contributed by atoms with Crippen LogP contribution in [-0.2, 0) is 4.79 Å². The summed E-state index contributed by atoms with van der Waals surface area (Å²) in [5.74, 6) is -4.70. The zero-order valence-corrected chi connectivity index (χ0v) is 11.4. The Balaban J connectivity index is 2.15. The van der Waals surface area contributed by atoms with Crippen LogP contribution in [0.5, 0.6) is 5.75 Å². The second-order valence-corrected chi connectivity index (χ2v) is 5.09. The highest BCUT2D eigenvalue weighted by Crippen LogP contribution is 2.44. The van der Waals surface area contributed by atoms with Crippen LogP contribution in [0, 0.1) is 6.92 Å². The maximum absolute atomic E-state index is 13.9. The summed E-state index contributed by atoms with van der Waals surface area (Å²) in [6, 6.07) is 4.69. The van der Waals surface area contributed by atoms with Gasteiger partial charge in [-0.1, -0.05) is 0 Å². The average molecular weight is 285 g/mol. The van der Waals surface area contributed by atoms with E-state index in [1.54, 1.807) is 19.1 Å². The Hall–Kier alpha value is -1.69. The van der Waals surface area contributed by atoms with Gasteiger partial charge >= 0.3 is 5.92 Å². The number of amides is 1. The number of methoxy groups -OCH3 is 1. The highest BCUT2D eigenvalue weighted by molar-refractivity contribution is 5.97. The molecule has 0 saturated heterocycles. The number of alkyl halides is 2. The highest BCUT2D eigenvalue weighted by atomic mass is 19.3. The number of aliphatic hydroxyl groups is 1. The van der Waals surface area contributed by atoms with E-state index >= 15 is 0 Å². The molecule has 4 nitrogen and oxygen atoms in total. The number of carbonyl (C=O) groups excluding carboxylic acids is 1. The van der Waals surface area contributed by atoms with Crippen LogP contribution in [0.3, 0.4) is 0 Å². The lowest BCUT2D eigenvalue weighted by Gasteiger charge is -2.41. The Morgan fingerprint density at radius 2 is 2.10 bits per heavy atom. The summed E-state index contributed by atoms with van der Waals surface area (Å²) in [6.07, 6.45) is 0.380. The smallest absolute Gasteiger partial charge is 0.352 e. The molecule has 0 spiro atoms. The fraction of sp³-hybridized carbons (Fsp3) is 0.500. The van der Waals surface area contributed by atoms with Crippen LogP contribution in [0.25, 0.3) is 0 Å². The summed E-state index contributed by atoms with van der Waals surface area (Å²) < 4.78 is 32.8. The van der Waals surface area contributed by atoms with Gasteiger partial charge in [0.05, 0.1) is 7.11 Å². The first-order chi connectivity index (χ1) is 9.30. The monoisotopic (exact) mass is 285 g/mol. The molecule has 0 heterocycles. The largest absolute Gasteiger partial charge is 0.497 e. The molecule has 1 fully saturated rings. The molecule has 0 unspecified atom stereocenters. The molecule has 110 valence electrons. The van der Waals surface area contributed by atoms with Crippen LogP contribution in [-0.4, -0.2) is 29.6 Å². The fourth-order valence-electron chi connectivity index (χ4n) is 2.14. The number of hydrogen-bond donors (Lipinski definition) is 2. The molecule has 1 saturated carbocycles. The zero-order chi connectivity index (χ0) is 15.0. The molecule has 1 aliphatic carbocycles. The van der Waals surface area contributed by atoms with Gasteiger partial charge in [0.25, 0.3) is 5.91 Å². The van der Waals surface area contributed by atoms with Crippen molar-refractivity contribution in [3.8, 4) is 5.75 Å². The minimum atomic E-state index is -3.79. The molecule has 6 heteroatoms. The number of hydrogen-bond acceptors (Lipinski definition) is 3. The Morgan fingerprint density at radius 1 is 1.45 bits per heavy atom. The molecule has 0 bridgehead atoms. The molecular formula is C14H17F2NO3. The summed E-state index contributed by atoms with van der Waals surface area (Å²) in [7, 11) is 1.49. The van der Waals surface area contributed by atoms with E-state index in [1.807, 2.05) is 0 Å². The fourth-order valence-corrected chi connectivity index (χ4v) is 2.14. The molecule has 2 N–H and O–H groups in total. The van der Waals surface area contributed by atoms with Crippen LogP contribution in [0.2, 0.25) is 0 Å². The first-order valence-electron chi connectivity index (χ1n) is 6.36. The first-order valence-corrected chi connectivity index (χ1v) is 6.36. The minimum Gasteiger partial charge on any atom is -0.497 e. The summed E-state index contributed by atoms with van der Waals surface area (Å²) >= 11 is 0. The third-order valence-electron chi connectivity index (χ3n) is 3.73. The van der Waals surface area contributed by atoms with E-state index < -0.39 is 17.4 Å². The van der Waals surface area contributed by atoms with Crippen molar-refractivity contribution in [1.29, 1.82) is 0 Å². The molecule has 1 aromatic carbocycles. The van der Waals surface area contributed by atoms with Gasteiger partial charge < -0.3 is 15.2 Å². The van der Waals surface area contributed by atoms with E-state index in [1.165, 1.54) is 13.2 Å². The molecule has 1 aromatic rings. The van der Waals surface area contributed by atoms with Gasteiger partial charge in [-0.25, -0.2) is 0 Å². The van der Waals surface area contributed by atoms with Gasteiger partial charge in [-0.15, -0.1) is 0 Å². The summed E-state index contributed by atoms with van der Waals surface area (Å²) in [5, 5.41) is 11.9. The van der Waals surface area contributed by atoms with Crippen LogP contribution in [0.1, 0.15) is 24.8 Å². The van der Waals surface area contributed by atoms with Crippen molar-refractivity contribution < 1.29 is 23.4 Å². The molecule has 1 aliphatic rings. The highest BCUT2D eigenvalue weighted by Gasteiger charge is 2.61. The Morgan fingerprint density at radius 3 is 2.55 bits per heavy atom. The van der Waals surface area contributed by atoms with Gasteiger partial charge in [0.1, 0.15) is 11.4 Å². The predicted octanol–water partition coefficient (Wildman–Crippen LogP) is 2.49. The second-order valence-electron chi connectivity index (χ2n) is 5.09. The first kappa shape index (κ1) is 14.7. The molecule has 20 heavy (non-hydrogen) atoms. The topological polar surface area (TPSA) is 58.6 Å². The number of rotatable bonds is 4. The van der Waals surface area contributed by atoms with Crippen molar-refractivity contribution in [3.05, 3.63) is 23.8 Å². The number of carbonyl (C=O) groups is 1. The molecular weight excluding hydrogens is 268 g/mol. The van der Waals surface area contributed by atoms with Crippen molar-refractivity contribution in [2.45, 2.75) is 37.7 Å². The van der Waals surface area contributed by atoms with Gasteiger partial charge in [0.2, 0.25) is 0 Å². The number of aryl methyl sites for hydroxylation is 1. The zero-order valence-electron chi connectivity index (χ0n) is 11.4. The van der Waals surface area contributed by atoms with E-state index in [2.05, 4.69) is 5.32 Å². The Labute approximate surface area is 115 Å². The van der Waals surface area contributed by atoms with Crippen molar-refractivity contribution in [2.24, 2.45) is 0 Å². The standard InChI is InChI=1S/C14H17F2NO3/c1-9-8-10(20-2)4-5-11(9)17-12(18)14(15,16)13(19)6-3-7-13/h4-5,8,19H,3,6-7H2,1-2H3,(H,17,18). The van der Waals surface area contributed by atoms with Gasteiger partial charge in [0, 0.05) is 5.69 Å². The maximum atomic E-state index is 13.9. The third-order valence-corrected chi connectivity index (χ3v) is 3.73. The van der Waals surface area contributed by atoms with Crippen LogP contribution >= 0.6 is 0 Å².